The van der Waals surface area contributed by atoms with E-state index in [1.165, 1.54) is 0 Å². The van der Waals surface area contributed by atoms with Crippen LogP contribution in [0.5, 0.6) is 0 Å². The molecule has 3 rings (SSSR count). The summed E-state index contributed by atoms with van der Waals surface area (Å²) < 4.78 is 32.6. The molecule has 0 bridgehead atoms. The van der Waals surface area contributed by atoms with Crippen molar-refractivity contribution in [2.24, 2.45) is 0 Å². The van der Waals surface area contributed by atoms with E-state index >= 15 is 0 Å². The number of amides is 1. The summed E-state index contributed by atoms with van der Waals surface area (Å²) in [5, 5.41) is 0. The predicted molar refractivity (Wildman–Crippen MR) is 103 cm³/mol. The highest BCUT2D eigenvalue weighted by Gasteiger charge is 2.25. The SMILES string of the molecule is O=C(CCCNS(=O)(=O)c1ccccc1)N1CCOC(c2ccccc2)C1. The Morgan fingerprint density at radius 2 is 1.74 bits per heavy atom. The number of carbonyl (C=O) groups is 1. The van der Waals surface area contributed by atoms with Crippen molar-refractivity contribution in [2.75, 3.05) is 26.2 Å². The van der Waals surface area contributed by atoms with Crippen LogP contribution in [0.4, 0.5) is 0 Å². The molecule has 1 fully saturated rings. The molecule has 1 saturated heterocycles. The van der Waals surface area contributed by atoms with Gasteiger partial charge in [-0.3, -0.25) is 4.79 Å². The Bertz CT molecular complexity index is 841. The van der Waals surface area contributed by atoms with Gasteiger partial charge in [0.1, 0.15) is 6.10 Å². The smallest absolute Gasteiger partial charge is 0.240 e. The van der Waals surface area contributed by atoms with E-state index in [9.17, 15) is 13.2 Å². The third-order valence-electron chi connectivity index (χ3n) is 4.50. The molecule has 1 unspecified atom stereocenters. The molecule has 1 aliphatic heterocycles. The predicted octanol–water partition coefficient (Wildman–Crippen LogP) is 2.35. The van der Waals surface area contributed by atoms with Crippen molar-refractivity contribution in [3.63, 3.8) is 0 Å². The number of hydrogen-bond acceptors (Lipinski definition) is 4. The first-order chi connectivity index (χ1) is 13.1. The molecule has 2 aromatic carbocycles. The minimum atomic E-state index is -3.52. The van der Waals surface area contributed by atoms with Crippen LogP contribution in [0.3, 0.4) is 0 Å². The lowest BCUT2D eigenvalue weighted by atomic mass is 10.1. The Morgan fingerprint density at radius 3 is 2.44 bits per heavy atom. The van der Waals surface area contributed by atoms with Gasteiger partial charge in [0.05, 0.1) is 18.0 Å². The van der Waals surface area contributed by atoms with E-state index in [0.29, 0.717) is 32.5 Å². The van der Waals surface area contributed by atoms with Crippen LogP contribution in [-0.4, -0.2) is 45.5 Å². The standard InChI is InChI=1S/C20H24N2O4S/c23-20(12-7-13-21-27(24,25)18-10-5-2-6-11-18)22-14-15-26-19(16-22)17-8-3-1-4-9-17/h1-6,8-11,19,21H,7,12-16H2. The summed E-state index contributed by atoms with van der Waals surface area (Å²) in [5.74, 6) is 0.0261. The fourth-order valence-electron chi connectivity index (χ4n) is 3.03. The third kappa shape index (κ3) is 5.38. The van der Waals surface area contributed by atoms with Crippen molar-refractivity contribution in [3.8, 4) is 0 Å². The van der Waals surface area contributed by atoms with Crippen molar-refractivity contribution >= 4 is 15.9 Å². The third-order valence-corrected chi connectivity index (χ3v) is 5.98. The Labute approximate surface area is 160 Å². The highest BCUT2D eigenvalue weighted by molar-refractivity contribution is 7.89. The first-order valence-electron chi connectivity index (χ1n) is 9.05. The van der Waals surface area contributed by atoms with Crippen molar-refractivity contribution in [1.82, 2.24) is 9.62 Å². The fraction of sp³-hybridized carbons (Fsp3) is 0.350. The average Bonchev–Trinajstić information content (AvgIpc) is 2.72. The van der Waals surface area contributed by atoms with Gasteiger partial charge in [0.15, 0.2) is 0 Å². The summed E-state index contributed by atoms with van der Waals surface area (Å²) in [5.41, 5.74) is 1.06. The molecule has 6 nitrogen and oxygen atoms in total. The Kier molecular flexibility index (Phi) is 6.60. The normalized spacial score (nSPS) is 17.6. The van der Waals surface area contributed by atoms with Gasteiger partial charge in [0.2, 0.25) is 15.9 Å². The number of hydrogen-bond donors (Lipinski definition) is 1. The molecule has 0 aromatic heterocycles. The lowest BCUT2D eigenvalue weighted by molar-refractivity contribution is -0.139. The molecule has 1 heterocycles. The van der Waals surface area contributed by atoms with Crippen LogP contribution in [0.15, 0.2) is 65.6 Å². The van der Waals surface area contributed by atoms with E-state index in [2.05, 4.69) is 4.72 Å². The van der Waals surface area contributed by atoms with E-state index in [4.69, 9.17) is 4.74 Å². The minimum Gasteiger partial charge on any atom is -0.370 e. The molecule has 1 N–H and O–H groups in total. The van der Waals surface area contributed by atoms with Crippen LogP contribution in [0.2, 0.25) is 0 Å². The topological polar surface area (TPSA) is 75.7 Å². The first-order valence-corrected chi connectivity index (χ1v) is 10.5. The molecule has 0 aliphatic carbocycles. The number of benzene rings is 2. The van der Waals surface area contributed by atoms with Gasteiger partial charge in [-0.05, 0) is 24.1 Å². The summed E-state index contributed by atoms with van der Waals surface area (Å²) >= 11 is 0. The second kappa shape index (κ2) is 9.12. The van der Waals surface area contributed by atoms with Crippen molar-refractivity contribution in [2.45, 2.75) is 23.8 Å². The zero-order chi connectivity index (χ0) is 19.1. The number of nitrogens with zero attached hydrogens (tertiary/aromatic N) is 1. The minimum absolute atomic E-state index is 0.0261. The zero-order valence-electron chi connectivity index (χ0n) is 15.1. The monoisotopic (exact) mass is 388 g/mol. The highest BCUT2D eigenvalue weighted by Crippen LogP contribution is 2.22. The zero-order valence-corrected chi connectivity index (χ0v) is 15.9. The second-order valence-electron chi connectivity index (χ2n) is 6.42. The molecule has 0 saturated carbocycles. The summed E-state index contributed by atoms with van der Waals surface area (Å²) in [6, 6.07) is 18.1. The van der Waals surface area contributed by atoms with Crippen molar-refractivity contribution < 1.29 is 17.9 Å². The van der Waals surface area contributed by atoms with Crippen LogP contribution in [0.1, 0.15) is 24.5 Å². The molecule has 0 radical (unpaired) electrons. The van der Waals surface area contributed by atoms with Crippen LogP contribution < -0.4 is 4.72 Å². The van der Waals surface area contributed by atoms with Gasteiger partial charge in [-0.25, -0.2) is 13.1 Å². The number of carbonyl (C=O) groups excluding carboxylic acids is 1. The number of nitrogens with one attached hydrogen (secondary N) is 1. The number of morpholine rings is 1. The van der Waals surface area contributed by atoms with Crippen molar-refractivity contribution in [1.29, 1.82) is 0 Å². The number of sulfonamides is 1. The summed E-state index contributed by atoms with van der Waals surface area (Å²) in [7, 11) is -3.52. The molecule has 0 spiro atoms. The van der Waals surface area contributed by atoms with Crippen LogP contribution >= 0.6 is 0 Å². The van der Waals surface area contributed by atoms with E-state index in [1.54, 1.807) is 35.2 Å². The van der Waals surface area contributed by atoms with E-state index in [-0.39, 0.29) is 23.5 Å². The van der Waals surface area contributed by atoms with Gasteiger partial charge in [0, 0.05) is 19.5 Å². The van der Waals surface area contributed by atoms with Crippen molar-refractivity contribution in [3.05, 3.63) is 66.2 Å². The Morgan fingerprint density at radius 1 is 1.07 bits per heavy atom. The molecule has 144 valence electrons. The fourth-order valence-corrected chi connectivity index (χ4v) is 4.13. The average molecular weight is 388 g/mol. The van der Waals surface area contributed by atoms with Gasteiger partial charge in [0.25, 0.3) is 0 Å². The van der Waals surface area contributed by atoms with Crippen LogP contribution in [0.25, 0.3) is 0 Å². The maximum Gasteiger partial charge on any atom is 0.240 e. The van der Waals surface area contributed by atoms with Gasteiger partial charge in [-0.15, -0.1) is 0 Å². The second-order valence-corrected chi connectivity index (χ2v) is 8.19. The summed E-state index contributed by atoms with van der Waals surface area (Å²) in [6.07, 6.45) is 0.650. The molecular formula is C20H24N2O4S. The largest absolute Gasteiger partial charge is 0.370 e. The first kappa shape index (κ1) is 19.5. The Balaban J connectivity index is 1.45. The number of ether oxygens (including phenoxy) is 1. The van der Waals surface area contributed by atoms with Gasteiger partial charge >= 0.3 is 0 Å². The van der Waals surface area contributed by atoms with Gasteiger partial charge in [-0.2, -0.15) is 0 Å². The lowest BCUT2D eigenvalue weighted by Gasteiger charge is -2.33. The van der Waals surface area contributed by atoms with Crippen LogP contribution in [-0.2, 0) is 19.6 Å². The molecule has 1 amide bonds. The molecule has 27 heavy (non-hydrogen) atoms. The highest BCUT2D eigenvalue weighted by atomic mass is 32.2. The van der Waals surface area contributed by atoms with Gasteiger partial charge in [-0.1, -0.05) is 48.5 Å². The summed E-state index contributed by atoms with van der Waals surface area (Å²) in [4.78, 5) is 14.5. The maximum absolute atomic E-state index is 12.5. The molecular weight excluding hydrogens is 364 g/mol. The maximum atomic E-state index is 12.5. The Hall–Kier alpha value is -2.22. The van der Waals surface area contributed by atoms with E-state index in [0.717, 1.165) is 5.56 Å². The molecule has 2 aromatic rings. The van der Waals surface area contributed by atoms with Gasteiger partial charge < -0.3 is 9.64 Å². The summed E-state index contributed by atoms with van der Waals surface area (Å²) in [6.45, 7) is 1.83. The van der Waals surface area contributed by atoms with Crippen LogP contribution in [0, 0.1) is 0 Å². The molecule has 1 atom stereocenters. The number of rotatable bonds is 7. The quantitative estimate of drug-likeness (QED) is 0.739. The van der Waals surface area contributed by atoms with E-state index in [1.807, 2.05) is 30.3 Å². The molecule has 1 aliphatic rings. The van der Waals surface area contributed by atoms with E-state index < -0.39 is 10.0 Å². The molecule has 7 heteroatoms. The lowest BCUT2D eigenvalue weighted by Crippen LogP contribution is -2.42.